The Morgan fingerprint density at radius 2 is 2.08 bits per heavy atom. The standard InChI is InChI=1S/C9H12N2O2/c10-9(13)8(12)6-11-7-4-2-1-3-5-7/h1-5,8,11-12H,6H2,(H2,10,13). The van der Waals surface area contributed by atoms with Gasteiger partial charge in [0.15, 0.2) is 0 Å². The second-order valence-corrected chi connectivity index (χ2v) is 2.67. The van der Waals surface area contributed by atoms with Crippen LogP contribution in [0.5, 0.6) is 0 Å². The van der Waals surface area contributed by atoms with E-state index in [4.69, 9.17) is 10.8 Å². The first-order valence-electron chi connectivity index (χ1n) is 3.96. The van der Waals surface area contributed by atoms with Crippen LogP contribution in [0.15, 0.2) is 30.3 Å². The minimum atomic E-state index is -1.14. The Morgan fingerprint density at radius 3 is 2.62 bits per heavy atom. The van der Waals surface area contributed by atoms with Crippen LogP contribution >= 0.6 is 0 Å². The number of carbonyl (C=O) groups is 1. The van der Waals surface area contributed by atoms with Crippen molar-refractivity contribution in [2.45, 2.75) is 6.10 Å². The third kappa shape index (κ3) is 3.13. The number of anilines is 1. The van der Waals surface area contributed by atoms with E-state index >= 15 is 0 Å². The second kappa shape index (κ2) is 4.47. The van der Waals surface area contributed by atoms with E-state index in [0.29, 0.717) is 0 Å². The molecule has 0 aliphatic carbocycles. The maximum Gasteiger partial charge on any atom is 0.248 e. The van der Waals surface area contributed by atoms with Gasteiger partial charge in [0.25, 0.3) is 0 Å². The van der Waals surface area contributed by atoms with E-state index in [1.54, 1.807) is 0 Å². The van der Waals surface area contributed by atoms with E-state index in [-0.39, 0.29) is 6.54 Å². The van der Waals surface area contributed by atoms with Crippen molar-refractivity contribution in [3.8, 4) is 0 Å². The number of nitrogens with one attached hydrogen (secondary N) is 1. The number of amides is 1. The van der Waals surface area contributed by atoms with Crippen LogP contribution in [0.2, 0.25) is 0 Å². The minimum absolute atomic E-state index is 0.138. The highest BCUT2D eigenvalue weighted by atomic mass is 16.3. The van der Waals surface area contributed by atoms with Crippen molar-refractivity contribution in [3.63, 3.8) is 0 Å². The molecule has 70 valence electrons. The van der Waals surface area contributed by atoms with Crippen molar-refractivity contribution in [3.05, 3.63) is 30.3 Å². The van der Waals surface area contributed by atoms with Gasteiger partial charge < -0.3 is 16.2 Å². The number of aliphatic hydroxyl groups excluding tert-OH is 1. The fourth-order valence-corrected chi connectivity index (χ4v) is 0.871. The summed E-state index contributed by atoms with van der Waals surface area (Å²) in [5, 5.41) is 11.9. The lowest BCUT2D eigenvalue weighted by molar-refractivity contribution is -0.125. The highest BCUT2D eigenvalue weighted by Gasteiger charge is 2.09. The average molecular weight is 180 g/mol. The molecule has 0 saturated carbocycles. The zero-order chi connectivity index (χ0) is 9.68. The second-order valence-electron chi connectivity index (χ2n) is 2.67. The van der Waals surface area contributed by atoms with Gasteiger partial charge >= 0.3 is 0 Å². The van der Waals surface area contributed by atoms with E-state index in [2.05, 4.69) is 5.32 Å². The molecule has 1 aromatic rings. The summed E-state index contributed by atoms with van der Waals surface area (Å²) in [4.78, 5) is 10.5. The van der Waals surface area contributed by atoms with Gasteiger partial charge in [-0.25, -0.2) is 0 Å². The van der Waals surface area contributed by atoms with E-state index in [9.17, 15) is 4.79 Å². The molecule has 0 saturated heterocycles. The molecule has 0 heterocycles. The maximum atomic E-state index is 10.5. The van der Waals surface area contributed by atoms with Gasteiger partial charge in [-0.1, -0.05) is 18.2 Å². The number of benzene rings is 1. The molecular weight excluding hydrogens is 168 g/mol. The zero-order valence-corrected chi connectivity index (χ0v) is 7.10. The molecule has 0 bridgehead atoms. The van der Waals surface area contributed by atoms with Crippen molar-refractivity contribution in [2.24, 2.45) is 5.73 Å². The topological polar surface area (TPSA) is 75.4 Å². The third-order valence-electron chi connectivity index (χ3n) is 1.60. The highest BCUT2D eigenvalue weighted by Crippen LogP contribution is 2.04. The predicted octanol–water partition coefficient (Wildman–Crippen LogP) is -0.0553. The number of hydrogen-bond donors (Lipinski definition) is 3. The molecule has 0 spiro atoms. The van der Waals surface area contributed by atoms with Crippen LogP contribution < -0.4 is 11.1 Å². The molecule has 0 aromatic heterocycles. The summed E-state index contributed by atoms with van der Waals surface area (Å²) in [7, 11) is 0. The Bertz CT molecular complexity index is 274. The lowest BCUT2D eigenvalue weighted by Gasteiger charge is -2.08. The Morgan fingerprint density at radius 1 is 1.46 bits per heavy atom. The number of hydrogen-bond acceptors (Lipinski definition) is 3. The lowest BCUT2D eigenvalue weighted by atomic mass is 10.3. The molecule has 1 aromatic carbocycles. The number of aliphatic hydroxyl groups is 1. The van der Waals surface area contributed by atoms with Gasteiger partial charge in [-0.15, -0.1) is 0 Å². The summed E-state index contributed by atoms with van der Waals surface area (Å²) in [5.41, 5.74) is 5.72. The number of primary amides is 1. The molecule has 1 rings (SSSR count). The fourth-order valence-electron chi connectivity index (χ4n) is 0.871. The largest absolute Gasteiger partial charge is 0.382 e. The lowest BCUT2D eigenvalue weighted by Crippen LogP contribution is -2.34. The number of nitrogens with two attached hydrogens (primary N) is 1. The van der Waals surface area contributed by atoms with Gasteiger partial charge in [0.1, 0.15) is 6.10 Å². The third-order valence-corrected chi connectivity index (χ3v) is 1.60. The molecular formula is C9H12N2O2. The van der Waals surface area contributed by atoms with Crippen LogP contribution in [-0.2, 0) is 4.79 Å². The Labute approximate surface area is 76.4 Å². The summed E-state index contributed by atoms with van der Waals surface area (Å²) in [6, 6.07) is 9.29. The smallest absolute Gasteiger partial charge is 0.248 e. The highest BCUT2D eigenvalue weighted by molar-refractivity contribution is 5.79. The molecule has 4 N–H and O–H groups in total. The number of para-hydroxylation sites is 1. The quantitative estimate of drug-likeness (QED) is 0.607. The van der Waals surface area contributed by atoms with E-state index in [0.717, 1.165) is 5.69 Å². The Kier molecular flexibility index (Phi) is 3.28. The van der Waals surface area contributed by atoms with Crippen LogP contribution in [0.3, 0.4) is 0 Å². The first-order valence-corrected chi connectivity index (χ1v) is 3.96. The molecule has 0 aliphatic rings. The summed E-state index contributed by atoms with van der Waals surface area (Å²) in [6.07, 6.45) is -1.14. The molecule has 0 radical (unpaired) electrons. The summed E-state index contributed by atoms with van der Waals surface area (Å²) < 4.78 is 0. The Hall–Kier alpha value is -1.55. The van der Waals surface area contributed by atoms with Crippen LogP contribution in [0.4, 0.5) is 5.69 Å². The molecule has 1 atom stereocenters. The summed E-state index contributed by atoms with van der Waals surface area (Å²) in [6.45, 7) is 0.138. The van der Waals surface area contributed by atoms with E-state index in [1.165, 1.54) is 0 Å². The molecule has 1 amide bonds. The monoisotopic (exact) mass is 180 g/mol. The first kappa shape index (κ1) is 9.54. The van der Waals surface area contributed by atoms with Crippen LogP contribution in [-0.4, -0.2) is 23.7 Å². The Balaban J connectivity index is 2.39. The van der Waals surface area contributed by atoms with E-state index < -0.39 is 12.0 Å². The van der Waals surface area contributed by atoms with Crippen LogP contribution in [0.25, 0.3) is 0 Å². The van der Waals surface area contributed by atoms with Crippen molar-refractivity contribution < 1.29 is 9.90 Å². The van der Waals surface area contributed by atoms with Crippen molar-refractivity contribution >= 4 is 11.6 Å². The van der Waals surface area contributed by atoms with Gasteiger partial charge in [-0.2, -0.15) is 0 Å². The minimum Gasteiger partial charge on any atom is -0.382 e. The molecule has 4 nitrogen and oxygen atoms in total. The normalized spacial score (nSPS) is 12.1. The zero-order valence-electron chi connectivity index (χ0n) is 7.10. The van der Waals surface area contributed by atoms with Gasteiger partial charge in [-0.3, -0.25) is 4.79 Å². The van der Waals surface area contributed by atoms with Gasteiger partial charge in [0, 0.05) is 12.2 Å². The number of rotatable bonds is 4. The van der Waals surface area contributed by atoms with Crippen molar-refractivity contribution in [1.82, 2.24) is 0 Å². The predicted molar refractivity (Wildman–Crippen MR) is 50.1 cm³/mol. The van der Waals surface area contributed by atoms with Gasteiger partial charge in [-0.05, 0) is 12.1 Å². The average Bonchev–Trinajstić information content (AvgIpc) is 2.15. The fraction of sp³-hybridized carbons (Fsp3) is 0.222. The van der Waals surface area contributed by atoms with E-state index in [1.807, 2.05) is 30.3 Å². The number of carbonyl (C=O) groups excluding carboxylic acids is 1. The summed E-state index contributed by atoms with van der Waals surface area (Å²) >= 11 is 0. The molecule has 13 heavy (non-hydrogen) atoms. The molecule has 4 heteroatoms. The molecule has 0 aliphatic heterocycles. The maximum absolute atomic E-state index is 10.5. The van der Waals surface area contributed by atoms with Gasteiger partial charge in [0.2, 0.25) is 5.91 Å². The summed E-state index contributed by atoms with van der Waals surface area (Å²) in [5.74, 6) is -0.719. The van der Waals surface area contributed by atoms with Crippen LogP contribution in [0.1, 0.15) is 0 Å². The van der Waals surface area contributed by atoms with Crippen LogP contribution in [0, 0.1) is 0 Å². The van der Waals surface area contributed by atoms with Gasteiger partial charge in [0.05, 0.1) is 0 Å². The van der Waals surface area contributed by atoms with Crippen molar-refractivity contribution in [2.75, 3.05) is 11.9 Å². The first-order chi connectivity index (χ1) is 6.20. The SMILES string of the molecule is NC(=O)C(O)CNc1ccccc1. The molecule has 0 fully saturated rings. The van der Waals surface area contributed by atoms with Crippen molar-refractivity contribution in [1.29, 1.82) is 0 Å². The molecule has 1 unspecified atom stereocenters.